The highest BCUT2D eigenvalue weighted by atomic mass is 16.4. The molecule has 2 rings (SSSR count). The number of carboxylic acid groups (broad SMARTS) is 1. The van der Waals surface area contributed by atoms with E-state index in [4.69, 9.17) is 10.8 Å². The van der Waals surface area contributed by atoms with E-state index in [2.05, 4.69) is 10.3 Å². The van der Waals surface area contributed by atoms with Crippen LogP contribution < -0.4 is 11.1 Å². The van der Waals surface area contributed by atoms with Crippen LogP contribution in [0.4, 0.5) is 0 Å². The van der Waals surface area contributed by atoms with Crippen LogP contribution in [0.3, 0.4) is 0 Å². The molecular formula is C17H17N3O4. The molecule has 24 heavy (non-hydrogen) atoms. The predicted molar refractivity (Wildman–Crippen MR) is 87.0 cm³/mol. The van der Waals surface area contributed by atoms with Crippen molar-refractivity contribution in [2.45, 2.75) is 18.9 Å². The van der Waals surface area contributed by atoms with Gasteiger partial charge in [0.15, 0.2) is 0 Å². The maximum atomic E-state index is 12.1. The molecule has 1 aromatic heterocycles. The minimum Gasteiger partial charge on any atom is -0.480 e. The molecule has 0 bridgehead atoms. The number of pyridine rings is 1. The zero-order valence-electron chi connectivity index (χ0n) is 12.8. The van der Waals surface area contributed by atoms with Crippen LogP contribution in [0.15, 0.2) is 48.7 Å². The third-order valence-electron chi connectivity index (χ3n) is 3.39. The molecule has 4 N–H and O–H groups in total. The Bertz CT molecular complexity index is 729. The predicted octanol–water partition coefficient (Wildman–Crippen LogP) is 1.20. The van der Waals surface area contributed by atoms with Gasteiger partial charge in [0.05, 0.1) is 5.69 Å². The van der Waals surface area contributed by atoms with Gasteiger partial charge in [0.25, 0.3) is 5.91 Å². The van der Waals surface area contributed by atoms with Gasteiger partial charge in [-0.3, -0.25) is 14.6 Å². The van der Waals surface area contributed by atoms with E-state index in [1.54, 1.807) is 30.5 Å². The van der Waals surface area contributed by atoms with Crippen molar-refractivity contribution >= 4 is 17.8 Å². The van der Waals surface area contributed by atoms with E-state index in [1.807, 2.05) is 18.2 Å². The van der Waals surface area contributed by atoms with Gasteiger partial charge in [-0.15, -0.1) is 0 Å². The Labute approximate surface area is 138 Å². The minimum absolute atomic E-state index is 0.0531. The molecular weight excluding hydrogens is 310 g/mol. The summed E-state index contributed by atoms with van der Waals surface area (Å²) in [7, 11) is 0. The number of benzene rings is 1. The second kappa shape index (κ2) is 7.87. The zero-order chi connectivity index (χ0) is 17.5. The highest BCUT2D eigenvalue weighted by Crippen LogP contribution is 2.17. The first-order valence-electron chi connectivity index (χ1n) is 7.31. The number of nitrogens with zero attached hydrogens (tertiary/aromatic N) is 1. The quantitative estimate of drug-likeness (QED) is 0.705. The topological polar surface area (TPSA) is 122 Å². The molecule has 2 amide bonds. The summed E-state index contributed by atoms with van der Waals surface area (Å²) in [4.78, 5) is 38.3. The number of carbonyl (C=O) groups excluding carboxylic acids is 2. The van der Waals surface area contributed by atoms with Crippen molar-refractivity contribution in [3.63, 3.8) is 0 Å². The fraction of sp³-hybridized carbons (Fsp3) is 0.176. The number of carboxylic acids is 1. The smallest absolute Gasteiger partial charge is 0.326 e. The van der Waals surface area contributed by atoms with Gasteiger partial charge in [0.2, 0.25) is 5.91 Å². The molecule has 0 aliphatic carbocycles. The molecule has 0 unspecified atom stereocenters. The average molecular weight is 327 g/mol. The van der Waals surface area contributed by atoms with Crippen LogP contribution in [-0.4, -0.2) is 33.9 Å². The van der Waals surface area contributed by atoms with Crippen molar-refractivity contribution in [3.8, 4) is 11.3 Å². The second-order valence-corrected chi connectivity index (χ2v) is 5.16. The summed E-state index contributed by atoms with van der Waals surface area (Å²) in [6.45, 7) is 0. The molecule has 0 aliphatic heterocycles. The van der Waals surface area contributed by atoms with Crippen molar-refractivity contribution in [2.24, 2.45) is 5.73 Å². The summed E-state index contributed by atoms with van der Waals surface area (Å²) in [5, 5.41) is 11.5. The van der Waals surface area contributed by atoms with Gasteiger partial charge in [-0.2, -0.15) is 0 Å². The number of rotatable bonds is 7. The molecule has 7 heteroatoms. The molecule has 0 saturated carbocycles. The van der Waals surface area contributed by atoms with Gasteiger partial charge in [0.1, 0.15) is 6.04 Å². The molecule has 0 saturated heterocycles. The number of amides is 2. The zero-order valence-corrected chi connectivity index (χ0v) is 12.8. The van der Waals surface area contributed by atoms with Crippen LogP contribution in [0.1, 0.15) is 23.2 Å². The lowest BCUT2D eigenvalue weighted by Gasteiger charge is -2.14. The lowest BCUT2D eigenvalue weighted by molar-refractivity contribution is -0.139. The molecule has 0 radical (unpaired) electrons. The maximum absolute atomic E-state index is 12.1. The first-order chi connectivity index (χ1) is 11.5. The highest BCUT2D eigenvalue weighted by molar-refractivity contribution is 5.97. The monoisotopic (exact) mass is 327 g/mol. The van der Waals surface area contributed by atoms with Crippen LogP contribution in [0.2, 0.25) is 0 Å². The third kappa shape index (κ3) is 4.64. The normalized spacial score (nSPS) is 11.5. The van der Waals surface area contributed by atoms with E-state index in [9.17, 15) is 14.4 Å². The number of nitrogens with two attached hydrogens (primary N) is 1. The van der Waals surface area contributed by atoms with E-state index in [0.717, 1.165) is 11.3 Å². The SMILES string of the molecule is NC(=O)CC[C@H](NC(=O)c1ccc(-c2ccccn2)cc1)C(=O)O. The molecule has 1 atom stereocenters. The fourth-order valence-corrected chi connectivity index (χ4v) is 2.11. The number of aromatic nitrogens is 1. The van der Waals surface area contributed by atoms with Gasteiger partial charge < -0.3 is 16.2 Å². The van der Waals surface area contributed by atoms with Gasteiger partial charge >= 0.3 is 5.97 Å². The van der Waals surface area contributed by atoms with Crippen LogP contribution in [0, 0.1) is 0 Å². The van der Waals surface area contributed by atoms with E-state index >= 15 is 0 Å². The number of aliphatic carboxylic acids is 1. The molecule has 0 spiro atoms. The van der Waals surface area contributed by atoms with E-state index in [-0.39, 0.29) is 12.8 Å². The number of nitrogens with one attached hydrogen (secondary N) is 1. The molecule has 0 fully saturated rings. The van der Waals surface area contributed by atoms with Crippen LogP contribution in [0.5, 0.6) is 0 Å². The minimum atomic E-state index is -1.21. The fourth-order valence-electron chi connectivity index (χ4n) is 2.11. The maximum Gasteiger partial charge on any atom is 0.326 e. The van der Waals surface area contributed by atoms with Gasteiger partial charge in [-0.25, -0.2) is 4.79 Å². The van der Waals surface area contributed by atoms with Crippen molar-refractivity contribution in [1.29, 1.82) is 0 Å². The molecule has 2 aromatic rings. The summed E-state index contributed by atoms with van der Waals surface area (Å²) in [6.07, 6.45) is 1.50. The Morgan fingerprint density at radius 3 is 2.38 bits per heavy atom. The van der Waals surface area contributed by atoms with Crippen molar-refractivity contribution < 1.29 is 19.5 Å². The Morgan fingerprint density at radius 1 is 1.12 bits per heavy atom. The van der Waals surface area contributed by atoms with E-state index < -0.39 is 23.8 Å². The summed E-state index contributed by atoms with van der Waals surface area (Å²) >= 11 is 0. The first kappa shape index (κ1) is 17.1. The lowest BCUT2D eigenvalue weighted by atomic mass is 10.1. The summed E-state index contributed by atoms with van der Waals surface area (Å²) in [5.74, 6) is -2.36. The molecule has 0 aliphatic rings. The summed E-state index contributed by atoms with van der Waals surface area (Å²) in [5.41, 5.74) is 6.94. The molecule has 1 heterocycles. The Balaban J connectivity index is 2.06. The van der Waals surface area contributed by atoms with Crippen molar-refractivity contribution in [2.75, 3.05) is 0 Å². The average Bonchev–Trinajstić information content (AvgIpc) is 2.59. The van der Waals surface area contributed by atoms with Crippen LogP contribution in [-0.2, 0) is 9.59 Å². The first-order valence-corrected chi connectivity index (χ1v) is 7.31. The molecule has 7 nitrogen and oxygen atoms in total. The second-order valence-electron chi connectivity index (χ2n) is 5.16. The highest BCUT2D eigenvalue weighted by Gasteiger charge is 2.21. The Morgan fingerprint density at radius 2 is 1.83 bits per heavy atom. The third-order valence-corrected chi connectivity index (χ3v) is 3.39. The van der Waals surface area contributed by atoms with Crippen molar-refractivity contribution in [3.05, 3.63) is 54.2 Å². The summed E-state index contributed by atoms with van der Waals surface area (Å²) < 4.78 is 0. The standard InChI is InChI=1S/C17H17N3O4/c18-15(21)9-8-14(17(23)24)20-16(22)12-6-4-11(5-7-12)13-3-1-2-10-19-13/h1-7,10,14H,8-9H2,(H2,18,21)(H,20,22)(H,23,24)/t14-/m0/s1. The van der Waals surface area contributed by atoms with Gasteiger partial charge in [-0.05, 0) is 30.7 Å². The van der Waals surface area contributed by atoms with Gasteiger partial charge in [-0.1, -0.05) is 18.2 Å². The van der Waals surface area contributed by atoms with E-state index in [1.165, 1.54) is 0 Å². The largest absolute Gasteiger partial charge is 0.480 e. The van der Waals surface area contributed by atoms with E-state index in [0.29, 0.717) is 5.56 Å². The number of hydrogen-bond acceptors (Lipinski definition) is 4. The van der Waals surface area contributed by atoms with Crippen LogP contribution in [0.25, 0.3) is 11.3 Å². The molecule has 1 aromatic carbocycles. The number of carbonyl (C=O) groups is 3. The Hall–Kier alpha value is -3.22. The lowest BCUT2D eigenvalue weighted by Crippen LogP contribution is -2.41. The summed E-state index contributed by atoms with van der Waals surface area (Å²) in [6, 6.07) is 11.0. The van der Waals surface area contributed by atoms with Crippen LogP contribution >= 0.6 is 0 Å². The van der Waals surface area contributed by atoms with Gasteiger partial charge in [0, 0.05) is 23.7 Å². The number of primary amides is 1. The Kier molecular flexibility index (Phi) is 5.62. The number of hydrogen-bond donors (Lipinski definition) is 3. The molecule has 124 valence electrons. The van der Waals surface area contributed by atoms with Crippen molar-refractivity contribution in [1.82, 2.24) is 10.3 Å².